The monoisotopic (exact) mass is 270 g/mol. The molecule has 3 nitrogen and oxygen atoms in total. The molecule has 4 heteroatoms. The van der Waals surface area contributed by atoms with Gasteiger partial charge >= 0.3 is 0 Å². The molecule has 1 aromatic rings. The van der Waals surface area contributed by atoms with Gasteiger partial charge < -0.3 is 14.6 Å². The van der Waals surface area contributed by atoms with Crippen molar-refractivity contribution in [3.63, 3.8) is 0 Å². The third kappa shape index (κ3) is 2.63. The summed E-state index contributed by atoms with van der Waals surface area (Å²) < 4.78 is 10.7. The zero-order valence-corrected chi connectivity index (χ0v) is 11.5. The summed E-state index contributed by atoms with van der Waals surface area (Å²) in [7, 11) is 3.29. The molecular formula is C14H19ClO3. The summed E-state index contributed by atoms with van der Waals surface area (Å²) in [5.41, 5.74) is -0.144. The molecule has 18 heavy (non-hydrogen) atoms. The maximum atomic E-state index is 10.9. The van der Waals surface area contributed by atoms with Gasteiger partial charge in [0.15, 0.2) is 0 Å². The Balaban J connectivity index is 2.36. The fraction of sp³-hybridized carbons (Fsp3) is 0.571. The Morgan fingerprint density at radius 3 is 2.83 bits per heavy atom. The van der Waals surface area contributed by atoms with Crippen LogP contribution < -0.4 is 4.74 Å². The van der Waals surface area contributed by atoms with Gasteiger partial charge in [0.2, 0.25) is 0 Å². The summed E-state index contributed by atoms with van der Waals surface area (Å²) in [4.78, 5) is 0. The highest BCUT2D eigenvalue weighted by molar-refractivity contribution is 6.30. The largest absolute Gasteiger partial charge is 0.496 e. The molecule has 0 radical (unpaired) electrons. The minimum atomic E-state index is -0.908. The molecule has 1 N–H and O–H groups in total. The van der Waals surface area contributed by atoms with E-state index >= 15 is 0 Å². The van der Waals surface area contributed by atoms with Crippen molar-refractivity contribution in [3.8, 4) is 5.75 Å². The van der Waals surface area contributed by atoms with Crippen LogP contribution in [0.5, 0.6) is 5.75 Å². The molecule has 2 rings (SSSR count). The van der Waals surface area contributed by atoms with Crippen molar-refractivity contribution < 1.29 is 14.6 Å². The van der Waals surface area contributed by atoms with Crippen LogP contribution in [0.25, 0.3) is 0 Å². The topological polar surface area (TPSA) is 38.7 Å². The number of hydrogen-bond donors (Lipinski definition) is 1. The minimum absolute atomic E-state index is 0.0902. The van der Waals surface area contributed by atoms with Gasteiger partial charge in [0, 0.05) is 24.1 Å². The maximum absolute atomic E-state index is 10.9. The number of benzene rings is 1. The summed E-state index contributed by atoms with van der Waals surface area (Å²) in [5.74, 6) is 0.679. The van der Waals surface area contributed by atoms with Crippen LogP contribution in [0.2, 0.25) is 5.02 Å². The summed E-state index contributed by atoms with van der Waals surface area (Å²) in [5, 5.41) is 11.5. The van der Waals surface area contributed by atoms with Crippen LogP contribution >= 0.6 is 11.6 Å². The molecule has 1 aliphatic carbocycles. The van der Waals surface area contributed by atoms with Crippen LogP contribution in [-0.4, -0.2) is 25.4 Å². The van der Waals surface area contributed by atoms with Gasteiger partial charge in [-0.25, -0.2) is 0 Å². The van der Waals surface area contributed by atoms with E-state index in [-0.39, 0.29) is 6.10 Å². The smallest absolute Gasteiger partial charge is 0.125 e. The standard InChI is InChI=1S/C14H19ClO3/c1-17-11-4-3-7-14(16,9-11)12-8-10(15)5-6-13(12)18-2/h5-6,8,11,16H,3-4,7,9H2,1-2H3. The number of hydrogen-bond acceptors (Lipinski definition) is 3. The predicted molar refractivity (Wildman–Crippen MR) is 71.2 cm³/mol. The first-order chi connectivity index (χ1) is 8.59. The molecule has 0 aromatic heterocycles. The lowest BCUT2D eigenvalue weighted by Gasteiger charge is -2.37. The third-order valence-corrected chi connectivity index (χ3v) is 3.91. The number of halogens is 1. The van der Waals surface area contributed by atoms with Crippen LogP contribution in [0.3, 0.4) is 0 Å². The lowest BCUT2D eigenvalue weighted by Crippen LogP contribution is -2.36. The summed E-state index contributed by atoms with van der Waals surface area (Å²) >= 11 is 6.03. The van der Waals surface area contributed by atoms with E-state index in [9.17, 15) is 5.11 Å². The second-order valence-electron chi connectivity index (χ2n) is 4.83. The van der Waals surface area contributed by atoms with E-state index in [0.29, 0.717) is 23.6 Å². The molecule has 1 saturated carbocycles. The molecule has 0 aliphatic heterocycles. The highest BCUT2D eigenvalue weighted by Crippen LogP contribution is 2.42. The first kappa shape index (κ1) is 13.7. The number of ether oxygens (including phenoxy) is 2. The van der Waals surface area contributed by atoms with E-state index in [0.717, 1.165) is 18.4 Å². The Morgan fingerprint density at radius 1 is 1.39 bits per heavy atom. The van der Waals surface area contributed by atoms with E-state index in [1.807, 2.05) is 0 Å². The van der Waals surface area contributed by atoms with Gasteiger partial charge in [-0.2, -0.15) is 0 Å². The predicted octanol–water partition coefficient (Wildman–Crippen LogP) is 3.13. The Bertz CT molecular complexity index is 422. The van der Waals surface area contributed by atoms with Crippen molar-refractivity contribution in [1.29, 1.82) is 0 Å². The Kier molecular flexibility index (Phi) is 4.15. The second kappa shape index (κ2) is 5.47. The maximum Gasteiger partial charge on any atom is 0.125 e. The van der Waals surface area contributed by atoms with E-state index < -0.39 is 5.60 Å². The van der Waals surface area contributed by atoms with Gasteiger partial charge in [-0.15, -0.1) is 0 Å². The van der Waals surface area contributed by atoms with E-state index in [1.54, 1.807) is 32.4 Å². The molecule has 0 saturated heterocycles. The van der Waals surface area contributed by atoms with Gasteiger partial charge in [-0.05, 0) is 37.5 Å². The molecular weight excluding hydrogens is 252 g/mol. The minimum Gasteiger partial charge on any atom is -0.496 e. The molecule has 0 bridgehead atoms. The van der Waals surface area contributed by atoms with Crippen LogP contribution in [0.4, 0.5) is 0 Å². The Morgan fingerprint density at radius 2 is 2.17 bits per heavy atom. The molecule has 100 valence electrons. The van der Waals surface area contributed by atoms with E-state index in [2.05, 4.69) is 0 Å². The van der Waals surface area contributed by atoms with Crippen LogP contribution in [-0.2, 0) is 10.3 Å². The zero-order chi connectivity index (χ0) is 13.2. The number of aliphatic hydroxyl groups is 1. The first-order valence-corrected chi connectivity index (χ1v) is 6.56. The molecule has 0 spiro atoms. The van der Waals surface area contributed by atoms with Crippen LogP contribution in [0.1, 0.15) is 31.2 Å². The third-order valence-electron chi connectivity index (χ3n) is 3.68. The van der Waals surface area contributed by atoms with Crippen LogP contribution in [0.15, 0.2) is 18.2 Å². The normalized spacial score (nSPS) is 28.1. The zero-order valence-electron chi connectivity index (χ0n) is 10.8. The SMILES string of the molecule is COc1ccc(Cl)cc1C1(O)CCCC(OC)C1. The van der Waals surface area contributed by atoms with Crippen molar-refractivity contribution in [2.24, 2.45) is 0 Å². The van der Waals surface area contributed by atoms with Crippen molar-refractivity contribution in [1.82, 2.24) is 0 Å². The van der Waals surface area contributed by atoms with Gasteiger partial charge in [0.25, 0.3) is 0 Å². The highest BCUT2D eigenvalue weighted by Gasteiger charge is 2.38. The van der Waals surface area contributed by atoms with Crippen molar-refractivity contribution in [2.75, 3.05) is 14.2 Å². The summed E-state index contributed by atoms with van der Waals surface area (Å²) in [6.45, 7) is 0. The Labute approximate surface area is 113 Å². The Hall–Kier alpha value is -0.770. The molecule has 2 unspecified atom stereocenters. The van der Waals surface area contributed by atoms with E-state index in [4.69, 9.17) is 21.1 Å². The molecule has 1 aromatic carbocycles. The fourth-order valence-electron chi connectivity index (χ4n) is 2.69. The van der Waals surface area contributed by atoms with Gasteiger partial charge in [0.05, 0.1) is 18.8 Å². The van der Waals surface area contributed by atoms with Crippen molar-refractivity contribution in [3.05, 3.63) is 28.8 Å². The van der Waals surface area contributed by atoms with Crippen molar-refractivity contribution in [2.45, 2.75) is 37.4 Å². The van der Waals surface area contributed by atoms with Gasteiger partial charge in [-0.1, -0.05) is 11.6 Å². The van der Waals surface area contributed by atoms with Gasteiger partial charge in [0.1, 0.15) is 5.75 Å². The second-order valence-corrected chi connectivity index (χ2v) is 5.27. The number of rotatable bonds is 3. The quantitative estimate of drug-likeness (QED) is 0.917. The van der Waals surface area contributed by atoms with Crippen molar-refractivity contribution >= 4 is 11.6 Å². The summed E-state index contributed by atoms with van der Waals surface area (Å²) in [6, 6.07) is 5.36. The molecule has 0 amide bonds. The molecule has 2 atom stereocenters. The summed E-state index contributed by atoms with van der Waals surface area (Å²) in [6.07, 6.45) is 3.31. The van der Waals surface area contributed by atoms with E-state index in [1.165, 1.54) is 0 Å². The number of methoxy groups -OCH3 is 2. The molecule has 1 fully saturated rings. The molecule has 1 aliphatic rings. The average Bonchev–Trinajstić information content (AvgIpc) is 2.38. The fourth-order valence-corrected chi connectivity index (χ4v) is 2.86. The average molecular weight is 271 g/mol. The highest BCUT2D eigenvalue weighted by atomic mass is 35.5. The first-order valence-electron chi connectivity index (χ1n) is 6.18. The lowest BCUT2D eigenvalue weighted by molar-refractivity contribution is -0.0641. The molecule has 0 heterocycles. The van der Waals surface area contributed by atoms with Crippen LogP contribution in [0, 0.1) is 0 Å². The lowest BCUT2D eigenvalue weighted by atomic mass is 9.78. The van der Waals surface area contributed by atoms with Gasteiger partial charge in [-0.3, -0.25) is 0 Å².